The highest BCUT2D eigenvalue weighted by molar-refractivity contribution is 5.25. The molecule has 0 aromatic carbocycles. The maximum atomic E-state index is 3.06. The molecular formula is C7H9N. The van der Waals surface area contributed by atoms with Gasteiger partial charge in [0.25, 0.3) is 0 Å². The molecule has 0 saturated heterocycles. The van der Waals surface area contributed by atoms with Crippen LogP contribution in [0.15, 0.2) is 36.2 Å². The van der Waals surface area contributed by atoms with E-state index in [9.17, 15) is 0 Å². The minimum atomic E-state index is 1.16. The molecule has 0 aliphatic carbocycles. The summed E-state index contributed by atoms with van der Waals surface area (Å²) in [6.45, 7) is 2.01. The van der Waals surface area contributed by atoms with Crippen molar-refractivity contribution < 1.29 is 0 Å². The topological polar surface area (TPSA) is 12.0 Å². The first kappa shape index (κ1) is 5.16. The maximum absolute atomic E-state index is 3.06. The molecule has 0 unspecified atom stereocenters. The molecule has 1 nitrogen and oxygen atoms in total. The van der Waals surface area contributed by atoms with Gasteiger partial charge in [0.1, 0.15) is 0 Å². The van der Waals surface area contributed by atoms with Gasteiger partial charge in [-0.25, -0.2) is 0 Å². The number of allylic oxidation sites excluding steroid dienone is 4. The van der Waals surface area contributed by atoms with Gasteiger partial charge in [-0.1, -0.05) is 12.2 Å². The summed E-state index contributed by atoms with van der Waals surface area (Å²) in [5, 5.41) is 3.06. The number of hydrogen-bond donors (Lipinski definition) is 1. The lowest BCUT2D eigenvalue weighted by Crippen LogP contribution is -2.03. The second-order valence-electron chi connectivity index (χ2n) is 1.61. The quantitative estimate of drug-likeness (QED) is 0.495. The van der Waals surface area contributed by atoms with Crippen molar-refractivity contribution in [2.45, 2.75) is 6.92 Å². The van der Waals surface area contributed by atoms with E-state index in [1.165, 1.54) is 0 Å². The highest BCUT2D eigenvalue weighted by Gasteiger charge is 1.85. The third-order valence-electron chi connectivity index (χ3n) is 1.04. The minimum absolute atomic E-state index is 1.16. The number of hydrogen-bond acceptors (Lipinski definition) is 1. The molecule has 0 radical (unpaired) electrons. The van der Waals surface area contributed by atoms with Crippen LogP contribution in [0.25, 0.3) is 0 Å². The Hall–Kier alpha value is -0.980. The first-order valence-electron chi connectivity index (χ1n) is 2.69. The molecule has 1 aliphatic heterocycles. The highest BCUT2D eigenvalue weighted by atomic mass is 14.8. The van der Waals surface area contributed by atoms with E-state index in [0.717, 1.165) is 5.70 Å². The average molecular weight is 107 g/mol. The van der Waals surface area contributed by atoms with Gasteiger partial charge in [-0.15, -0.1) is 0 Å². The van der Waals surface area contributed by atoms with Crippen LogP contribution < -0.4 is 5.32 Å². The van der Waals surface area contributed by atoms with E-state index in [4.69, 9.17) is 0 Å². The van der Waals surface area contributed by atoms with Crippen molar-refractivity contribution in [1.82, 2.24) is 5.32 Å². The van der Waals surface area contributed by atoms with E-state index in [2.05, 4.69) is 5.32 Å². The van der Waals surface area contributed by atoms with E-state index in [0.29, 0.717) is 0 Å². The Labute approximate surface area is 49.4 Å². The van der Waals surface area contributed by atoms with E-state index in [1.807, 2.05) is 37.4 Å². The van der Waals surface area contributed by atoms with Crippen molar-refractivity contribution >= 4 is 0 Å². The molecule has 1 heterocycles. The van der Waals surface area contributed by atoms with E-state index in [1.54, 1.807) is 0 Å². The summed E-state index contributed by atoms with van der Waals surface area (Å²) in [5.74, 6) is 0. The Morgan fingerprint density at radius 1 is 1.50 bits per heavy atom. The molecule has 0 spiro atoms. The Morgan fingerprint density at radius 3 is 2.75 bits per heavy atom. The molecule has 0 aromatic heterocycles. The van der Waals surface area contributed by atoms with Gasteiger partial charge in [0.05, 0.1) is 0 Å². The summed E-state index contributed by atoms with van der Waals surface area (Å²) < 4.78 is 0. The van der Waals surface area contributed by atoms with Gasteiger partial charge in [0.15, 0.2) is 0 Å². The van der Waals surface area contributed by atoms with Gasteiger partial charge in [-0.2, -0.15) is 0 Å². The Bertz CT molecular complexity index is 152. The average Bonchev–Trinajstić information content (AvgIpc) is 1.90. The molecular weight excluding hydrogens is 98.1 g/mol. The molecule has 0 amide bonds. The van der Waals surface area contributed by atoms with Crippen LogP contribution in [0, 0.1) is 0 Å². The Balaban J connectivity index is 2.66. The monoisotopic (exact) mass is 107 g/mol. The van der Waals surface area contributed by atoms with E-state index >= 15 is 0 Å². The third-order valence-corrected chi connectivity index (χ3v) is 1.04. The lowest BCUT2D eigenvalue weighted by Gasteiger charge is -2.01. The molecule has 0 aromatic rings. The fraction of sp³-hybridized carbons (Fsp3) is 0.143. The number of nitrogens with one attached hydrogen (secondary N) is 1. The van der Waals surface area contributed by atoms with Crippen LogP contribution in [0.5, 0.6) is 0 Å². The van der Waals surface area contributed by atoms with Crippen molar-refractivity contribution in [1.29, 1.82) is 0 Å². The molecule has 1 aliphatic rings. The third kappa shape index (κ3) is 0.997. The van der Waals surface area contributed by atoms with Crippen LogP contribution in [-0.4, -0.2) is 0 Å². The summed E-state index contributed by atoms with van der Waals surface area (Å²) in [5.41, 5.74) is 1.16. The lowest BCUT2D eigenvalue weighted by atomic mass is 10.3. The molecule has 0 fully saturated rings. The van der Waals surface area contributed by atoms with Crippen LogP contribution in [0.2, 0.25) is 0 Å². The van der Waals surface area contributed by atoms with Gasteiger partial charge in [0, 0.05) is 11.9 Å². The van der Waals surface area contributed by atoms with Gasteiger partial charge in [-0.05, 0) is 19.1 Å². The van der Waals surface area contributed by atoms with Gasteiger partial charge in [0.2, 0.25) is 0 Å². The summed E-state index contributed by atoms with van der Waals surface area (Å²) in [7, 11) is 0. The summed E-state index contributed by atoms with van der Waals surface area (Å²) >= 11 is 0. The molecule has 1 N–H and O–H groups in total. The van der Waals surface area contributed by atoms with Crippen LogP contribution >= 0.6 is 0 Å². The van der Waals surface area contributed by atoms with Crippen molar-refractivity contribution in [3.05, 3.63) is 36.2 Å². The molecule has 8 heavy (non-hydrogen) atoms. The predicted molar refractivity (Wildman–Crippen MR) is 35.2 cm³/mol. The minimum Gasteiger partial charge on any atom is -0.362 e. The Morgan fingerprint density at radius 2 is 2.38 bits per heavy atom. The Kier molecular flexibility index (Phi) is 1.52. The van der Waals surface area contributed by atoms with Crippen molar-refractivity contribution in [3.63, 3.8) is 0 Å². The van der Waals surface area contributed by atoms with Crippen molar-refractivity contribution in [3.8, 4) is 0 Å². The van der Waals surface area contributed by atoms with Crippen LogP contribution in [0.1, 0.15) is 6.92 Å². The summed E-state index contributed by atoms with van der Waals surface area (Å²) in [6.07, 6.45) is 9.94. The standard InChI is InChI=1S/C7H9N/c1-2-7-5-3-4-6-8-7/h2-6,8H,1H3/b7-2+. The summed E-state index contributed by atoms with van der Waals surface area (Å²) in [4.78, 5) is 0. The van der Waals surface area contributed by atoms with Gasteiger partial charge in [-0.3, -0.25) is 0 Å². The first-order chi connectivity index (χ1) is 3.93. The van der Waals surface area contributed by atoms with Crippen LogP contribution in [0.4, 0.5) is 0 Å². The van der Waals surface area contributed by atoms with Gasteiger partial charge >= 0.3 is 0 Å². The van der Waals surface area contributed by atoms with Gasteiger partial charge < -0.3 is 5.32 Å². The lowest BCUT2D eigenvalue weighted by molar-refractivity contribution is 1.09. The zero-order chi connectivity index (χ0) is 5.82. The molecule has 0 bridgehead atoms. The fourth-order valence-corrected chi connectivity index (χ4v) is 0.587. The molecule has 1 heteroatoms. The maximum Gasteiger partial charge on any atom is 0.0336 e. The predicted octanol–water partition coefficient (Wildman–Crippen LogP) is 1.56. The van der Waals surface area contributed by atoms with Crippen LogP contribution in [-0.2, 0) is 0 Å². The second kappa shape index (κ2) is 2.36. The summed E-state index contributed by atoms with van der Waals surface area (Å²) in [6, 6.07) is 0. The zero-order valence-electron chi connectivity index (χ0n) is 4.89. The number of dihydropyridines is 1. The first-order valence-corrected chi connectivity index (χ1v) is 2.69. The highest BCUT2D eigenvalue weighted by Crippen LogP contribution is 1.95. The van der Waals surface area contributed by atoms with E-state index < -0.39 is 0 Å². The zero-order valence-corrected chi connectivity index (χ0v) is 4.89. The normalized spacial score (nSPS) is 21.4. The van der Waals surface area contributed by atoms with Crippen LogP contribution in [0.3, 0.4) is 0 Å². The molecule has 1 rings (SSSR count). The molecule has 0 saturated carbocycles. The molecule has 42 valence electrons. The largest absolute Gasteiger partial charge is 0.362 e. The molecule has 0 atom stereocenters. The smallest absolute Gasteiger partial charge is 0.0336 e. The fourth-order valence-electron chi connectivity index (χ4n) is 0.587. The van der Waals surface area contributed by atoms with Crippen molar-refractivity contribution in [2.24, 2.45) is 0 Å². The second-order valence-corrected chi connectivity index (χ2v) is 1.61. The van der Waals surface area contributed by atoms with E-state index in [-0.39, 0.29) is 0 Å². The SMILES string of the molecule is C/C=C1\C=CC=CN1. The number of rotatable bonds is 0. The van der Waals surface area contributed by atoms with Crippen molar-refractivity contribution in [2.75, 3.05) is 0 Å².